The zero-order valence-electron chi connectivity index (χ0n) is 11.4. The van der Waals surface area contributed by atoms with Crippen molar-refractivity contribution in [1.29, 1.82) is 0 Å². The number of thiophene rings is 1. The van der Waals surface area contributed by atoms with E-state index in [9.17, 15) is 0 Å². The lowest BCUT2D eigenvalue weighted by molar-refractivity contribution is 0.414. The molecule has 100 valence electrons. The van der Waals surface area contributed by atoms with Gasteiger partial charge < -0.3 is 10.1 Å². The third-order valence-electron chi connectivity index (χ3n) is 3.62. The number of rotatable bonds is 5. The Morgan fingerprint density at radius 3 is 2.74 bits per heavy atom. The standard InChI is InChI=1S/C16H19NOS/c1-11-15(7-8-19-11)16-6-5-14(18-2)9-12(16)10-17-13-3-4-13/h5-9,13,17H,3-4,10H2,1-2H3. The van der Waals surface area contributed by atoms with Crippen molar-refractivity contribution in [2.24, 2.45) is 0 Å². The second-order valence-corrected chi connectivity index (χ2v) is 6.19. The quantitative estimate of drug-likeness (QED) is 0.889. The second kappa shape index (κ2) is 5.35. The molecule has 0 radical (unpaired) electrons. The minimum absolute atomic E-state index is 0.725. The van der Waals surface area contributed by atoms with Gasteiger partial charge in [0.15, 0.2) is 0 Å². The molecule has 0 spiro atoms. The van der Waals surface area contributed by atoms with E-state index < -0.39 is 0 Å². The van der Waals surface area contributed by atoms with E-state index >= 15 is 0 Å². The van der Waals surface area contributed by atoms with E-state index in [1.165, 1.54) is 34.4 Å². The first kappa shape index (κ1) is 12.7. The van der Waals surface area contributed by atoms with Crippen LogP contribution in [0.4, 0.5) is 0 Å². The fraction of sp³-hybridized carbons (Fsp3) is 0.375. The summed E-state index contributed by atoms with van der Waals surface area (Å²) in [5, 5.41) is 5.75. The van der Waals surface area contributed by atoms with Crippen LogP contribution >= 0.6 is 11.3 Å². The summed E-state index contributed by atoms with van der Waals surface area (Å²) in [6, 6.07) is 9.32. The fourth-order valence-electron chi connectivity index (χ4n) is 2.31. The molecule has 0 saturated heterocycles. The maximum absolute atomic E-state index is 5.35. The summed E-state index contributed by atoms with van der Waals surface area (Å²) in [6.45, 7) is 3.11. The predicted octanol–water partition coefficient (Wildman–Crippen LogP) is 3.98. The first-order chi connectivity index (χ1) is 9.28. The maximum atomic E-state index is 5.35. The Labute approximate surface area is 118 Å². The highest BCUT2D eigenvalue weighted by Gasteiger charge is 2.21. The smallest absolute Gasteiger partial charge is 0.119 e. The van der Waals surface area contributed by atoms with Crippen molar-refractivity contribution in [3.63, 3.8) is 0 Å². The molecule has 1 aliphatic rings. The average molecular weight is 273 g/mol. The first-order valence-corrected chi connectivity index (χ1v) is 7.60. The van der Waals surface area contributed by atoms with Crippen LogP contribution in [0, 0.1) is 6.92 Å². The Bertz CT molecular complexity index is 572. The van der Waals surface area contributed by atoms with Crippen molar-refractivity contribution < 1.29 is 4.74 Å². The average Bonchev–Trinajstić information content (AvgIpc) is 3.17. The molecule has 1 fully saturated rings. The largest absolute Gasteiger partial charge is 0.497 e. The molecule has 2 aromatic rings. The Morgan fingerprint density at radius 2 is 2.11 bits per heavy atom. The number of methoxy groups -OCH3 is 1. The van der Waals surface area contributed by atoms with Crippen LogP contribution in [-0.4, -0.2) is 13.2 Å². The lowest BCUT2D eigenvalue weighted by atomic mass is 10.00. The van der Waals surface area contributed by atoms with E-state index in [1.54, 1.807) is 18.4 Å². The SMILES string of the molecule is COc1ccc(-c2ccsc2C)c(CNC2CC2)c1. The minimum atomic E-state index is 0.725. The van der Waals surface area contributed by atoms with Crippen LogP contribution in [0.2, 0.25) is 0 Å². The first-order valence-electron chi connectivity index (χ1n) is 6.72. The number of ether oxygens (including phenoxy) is 1. The van der Waals surface area contributed by atoms with Crippen LogP contribution in [0.5, 0.6) is 5.75 Å². The van der Waals surface area contributed by atoms with Gasteiger partial charge >= 0.3 is 0 Å². The Hall–Kier alpha value is -1.32. The Morgan fingerprint density at radius 1 is 1.26 bits per heavy atom. The molecule has 1 aromatic carbocycles. The van der Waals surface area contributed by atoms with Gasteiger partial charge in [-0.25, -0.2) is 0 Å². The van der Waals surface area contributed by atoms with Crippen molar-refractivity contribution in [2.75, 3.05) is 7.11 Å². The van der Waals surface area contributed by atoms with Crippen LogP contribution in [0.3, 0.4) is 0 Å². The summed E-state index contributed by atoms with van der Waals surface area (Å²) in [5.74, 6) is 0.934. The molecule has 0 atom stereocenters. The summed E-state index contributed by atoms with van der Waals surface area (Å²) in [5.41, 5.74) is 4.00. The second-order valence-electron chi connectivity index (χ2n) is 5.07. The molecule has 3 heteroatoms. The summed E-state index contributed by atoms with van der Waals surface area (Å²) >= 11 is 1.80. The molecule has 1 aromatic heterocycles. The van der Waals surface area contributed by atoms with Crippen LogP contribution in [0.25, 0.3) is 11.1 Å². The number of hydrogen-bond donors (Lipinski definition) is 1. The molecule has 0 bridgehead atoms. The van der Waals surface area contributed by atoms with Crippen LogP contribution < -0.4 is 10.1 Å². The van der Waals surface area contributed by atoms with Crippen molar-refractivity contribution >= 4 is 11.3 Å². The molecule has 1 N–H and O–H groups in total. The van der Waals surface area contributed by atoms with E-state index in [0.717, 1.165) is 18.3 Å². The number of nitrogens with one attached hydrogen (secondary N) is 1. The minimum Gasteiger partial charge on any atom is -0.497 e. The van der Waals surface area contributed by atoms with Gasteiger partial charge in [0.1, 0.15) is 5.75 Å². The number of benzene rings is 1. The highest BCUT2D eigenvalue weighted by molar-refractivity contribution is 7.10. The van der Waals surface area contributed by atoms with Gasteiger partial charge in [0, 0.05) is 17.5 Å². The molecule has 0 amide bonds. The molecule has 3 rings (SSSR count). The van der Waals surface area contributed by atoms with Gasteiger partial charge in [-0.2, -0.15) is 0 Å². The normalized spacial score (nSPS) is 14.6. The van der Waals surface area contributed by atoms with Crippen LogP contribution in [0.15, 0.2) is 29.6 Å². The molecule has 0 aliphatic heterocycles. The van der Waals surface area contributed by atoms with Gasteiger partial charge in [0.25, 0.3) is 0 Å². The van der Waals surface area contributed by atoms with Crippen molar-refractivity contribution in [3.05, 3.63) is 40.1 Å². The maximum Gasteiger partial charge on any atom is 0.119 e. The highest BCUT2D eigenvalue weighted by atomic mass is 32.1. The Kier molecular flexibility index (Phi) is 3.58. The van der Waals surface area contributed by atoms with Crippen LogP contribution in [0.1, 0.15) is 23.3 Å². The van der Waals surface area contributed by atoms with Gasteiger partial charge in [-0.3, -0.25) is 0 Å². The Balaban J connectivity index is 1.94. The third kappa shape index (κ3) is 2.82. The number of aryl methyl sites for hydroxylation is 1. The third-order valence-corrected chi connectivity index (χ3v) is 4.47. The molecular formula is C16H19NOS. The van der Waals surface area contributed by atoms with Crippen LogP contribution in [-0.2, 0) is 6.54 Å². The summed E-state index contributed by atoms with van der Waals surface area (Å²) in [6.07, 6.45) is 2.63. The topological polar surface area (TPSA) is 21.3 Å². The molecule has 19 heavy (non-hydrogen) atoms. The fourth-order valence-corrected chi connectivity index (χ4v) is 3.03. The summed E-state index contributed by atoms with van der Waals surface area (Å²) in [7, 11) is 1.73. The lowest BCUT2D eigenvalue weighted by Crippen LogP contribution is -2.16. The molecule has 1 heterocycles. The van der Waals surface area contributed by atoms with Gasteiger partial charge in [0.2, 0.25) is 0 Å². The molecule has 2 nitrogen and oxygen atoms in total. The van der Waals surface area contributed by atoms with E-state index in [4.69, 9.17) is 4.74 Å². The van der Waals surface area contributed by atoms with E-state index in [0.29, 0.717) is 0 Å². The van der Waals surface area contributed by atoms with Crippen molar-refractivity contribution in [2.45, 2.75) is 32.4 Å². The number of hydrogen-bond acceptors (Lipinski definition) is 3. The zero-order valence-corrected chi connectivity index (χ0v) is 12.2. The van der Waals surface area contributed by atoms with E-state index in [2.05, 4.69) is 35.8 Å². The lowest BCUT2D eigenvalue weighted by Gasteiger charge is -2.12. The predicted molar refractivity (Wildman–Crippen MR) is 80.9 cm³/mol. The van der Waals surface area contributed by atoms with Crippen molar-refractivity contribution in [3.8, 4) is 16.9 Å². The summed E-state index contributed by atoms with van der Waals surface area (Å²) in [4.78, 5) is 1.37. The molecule has 1 aliphatic carbocycles. The van der Waals surface area contributed by atoms with Gasteiger partial charge in [-0.15, -0.1) is 11.3 Å². The van der Waals surface area contributed by atoms with Gasteiger partial charge in [0.05, 0.1) is 7.11 Å². The monoisotopic (exact) mass is 273 g/mol. The van der Waals surface area contributed by atoms with Gasteiger partial charge in [-0.05, 0) is 60.0 Å². The van der Waals surface area contributed by atoms with E-state index in [1.807, 2.05) is 6.07 Å². The molecular weight excluding hydrogens is 254 g/mol. The van der Waals surface area contributed by atoms with E-state index in [-0.39, 0.29) is 0 Å². The summed E-state index contributed by atoms with van der Waals surface area (Å²) < 4.78 is 5.35. The van der Waals surface area contributed by atoms with Crippen molar-refractivity contribution in [1.82, 2.24) is 5.32 Å². The van der Waals surface area contributed by atoms with Gasteiger partial charge in [-0.1, -0.05) is 6.07 Å². The molecule has 0 unspecified atom stereocenters. The molecule has 1 saturated carbocycles. The highest BCUT2D eigenvalue weighted by Crippen LogP contribution is 2.33. The zero-order chi connectivity index (χ0) is 13.2.